The van der Waals surface area contributed by atoms with E-state index in [0.29, 0.717) is 38.6 Å². The van der Waals surface area contributed by atoms with E-state index < -0.39 is 11.0 Å². The van der Waals surface area contributed by atoms with Gasteiger partial charge in [0.1, 0.15) is 5.41 Å². The summed E-state index contributed by atoms with van der Waals surface area (Å²) in [5, 5.41) is 20.5. The molecule has 4 heteroatoms. The quantitative estimate of drug-likeness (QED) is 0.816. The molecule has 0 radical (unpaired) electrons. The lowest BCUT2D eigenvalue weighted by Crippen LogP contribution is -2.57. The van der Waals surface area contributed by atoms with Crippen molar-refractivity contribution in [3.63, 3.8) is 0 Å². The Hall–Kier alpha value is -0.630. The van der Waals surface area contributed by atoms with Gasteiger partial charge in [0, 0.05) is 26.1 Å². The maximum atomic E-state index is 11.0. The molecule has 102 valence electrons. The highest BCUT2D eigenvalue weighted by Crippen LogP contribution is 2.46. The smallest absolute Gasteiger partial charge is 0.109 e. The van der Waals surface area contributed by atoms with Crippen molar-refractivity contribution in [3.8, 4) is 6.07 Å². The first kappa shape index (κ1) is 13.8. The van der Waals surface area contributed by atoms with Crippen molar-refractivity contribution in [1.82, 2.24) is 0 Å². The fraction of sp³-hybridized carbons (Fsp3) is 0.929. The molecule has 0 aliphatic carbocycles. The van der Waals surface area contributed by atoms with Gasteiger partial charge in [-0.15, -0.1) is 0 Å². The van der Waals surface area contributed by atoms with Gasteiger partial charge in [0.25, 0.3) is 0 Å². The summed E-state index contributed by atoms with van der Waals surface area (Å²) in [4.78, 5) is 0. The summed E-state index contributed by atoms with van der Waals surface area (Å²) >= 11 is 0. The Balaban J connectivity index is 2.20. The van der Waals surface area contributed by atoms with E-state index in [-0.39, 0.29) is 6.10 Å². The van der Waals surface area contributed by atoms with Crippen LogP contribution >= 0.6 is 0 Å². The second kappa shape index (κ2) is 5.16. The molecule has 0 aromatic carbocycles. The van der Waals surface area contributed by atoms with Gasteiger partial charge in [0.05, 0.1) is 24.4 Å². The van der Waals surface area contributed by atoms with Crippen molar-refractivity contribution < 1.29 is 14.6 Å². The second-order valence-corrected chi connectivity index (χ2v) is 5.99. The molecule has 2 aliphatic rings. The molecule has 4 nitrogen and oxygen atoms in total. The molecule has 2 rings (SSSR count). The van der Waals surface area contributed by atoms with Crippen molar-refractivity contribution in [1.29, 1.82) is 5.26 Å². The van der Waals surface area contributed by atoms with E-state index in [1.165, 1.54) is 0 Å². The number of aliphatic hydroxyl groups is 1. The van der Waals surface area contributed by atoms with Crippen molar-refractivity contribution in [3.05, 3.63) is 0 Å². The first-order valence-electron chi connectivity index (χ1n) is 6.86. The minimum absolute atomic E-state index is 0.0379. The van der Waals surface area contributed by atoms with Crippen LogP contribution in [0, 0.1) is 22.7 Å². The zero-order chi connectivity index (χ0) is 13.2. The lowest BCUT2D eigenvalue weighted by Gasteiger charge is -2.49. The molecular weight excluding hydrogens is 230 g/mol. The summed E-state index contributed by atoms with van der Waals surface area (Å²) in [5.41, 5.74) is -1.71. The van der Waals surface area contributed by atoms with Crippen molar-refractivity contribution in [2.45, 2.75) is 51.2 Å². The summed E-state index contributed by atoms with van der Waals surface area (Å²) in [6, 6.07) is 2.36. The molecule has 2 fully saturated rings. The molecule has 0 aromatic rings. The summed E-state index contributed by atoms with van der Waals surface area (Å²) in [7, 11) is 0. The van der Waals surface area contributed by atoms with Crippen LogP contribution in [-0.4, -0.2) is 36.6 Å². The van der Waals surface area contributed by atoms with Gasteiger partial charge >= 0.3 is 0 Å². The number of rotatable bonds is 2. The van der Waals surface area contributed by atoms with Gasteiger partial charge in [-0.1, -0.05) is 13.8 Å². The third-order valence-electron chi connectivity index (χ3n) is 4.48. The average molecular weight is 253 g/mol. The van der Waals surface area contributed by atoms with E-state index >= 15 is 0 Å². The first-order chi connectivity index (χ1) is 8.53. The Bertz CT molecular complexity index is 330. The van der Waals surface area contributed by atoms with Crippen LogP contribution in [0.2, 0.25) is 0 Å². The Labute approximate surface area is 109 Å². The van der Waals surface area contributed by atoms with Gasteiger partial charge in [-0.25, -0.2) is 0 Å². The second-order valence-electron chi connectivity index (χ2n) is 5.99. The van der Waals surface area contributed by atoms with E-state index in [1.54, 1.807) is 0 Å². The topological polar surface area (TPSA) is 62.5 Å². The first-order valence-corrected chi connectivity index (χ1v) is 6.86. The molecule has 0 spiro atoms. The zero-order valence-electron chi connectivity index (χ0n) is 11.3. The standard InChI is InChI=1S/C14H23NO3/c1-11(2)12-8-14(16,5-7-18-12)13(9-15)4-3-6-17-10-13/h11-12,16H,3-8,10H2,1-2H3. The molecule has 2 heterocycles. The molecule has 3 unspecified atom stereocenters. The van der Waals surface area contributed by atoms with Crippen LogP contribution in [0.4, 0.5) is 0 Å². The molecular formula is C14H23NO3. The number of nitrogens with zero attached hydrogens (tertiary/aromatic N) is 1. The van der Waals surface area contributed by atoms with Crippen molar-refractivity contribution >= 4 is 0 Å². The minimum atomic E-state index is -0.963. The molecule has 3 atom stereocenters. The molecule has 2 aliphatic heterocycles. The molecule has 1 N–H and O–H groups in total. The molecule has 2 saturated heterocycles. The van der Waals surface area contributed by atoms with Crippen LogP contribution < -0.4 is 0 Å². The highest BCUT2D eigenvalue weighted by atomic mass is 16.5. The summed E-state index contributed by atoms with van der Waals surface area (Å²) < 4.78 is 11.2. The molecule has 18 heavy (non-hydrogen) atoms. The summed E-state index contributed by atoms with van der Waals surface area (Å²) in [5.74, 6) is 0.358. The van der Waals surface area contributed by atoms with E-state index in [1.807, 2.05) is 0 Å². The normalized spacial score (nSPS) is 41.6. The van der Waals surface area contributed by atoms with Gasteiger partial charge in [0.2, 0.25) is 0 Å². The zero-order valence-corrected chi connectivity index (χ0v) is 11.3. The van der Waals surface area contributed by atoms with Crippen LogP contribution in [-0.2, 0) is 9.47 Å². The highest BCUT2D eigenvalue weighted by Gasteiger charge is 2.54. The maximum absolute atomic E-state index is 11.0. The Morgan fingerprint density at radius 2 is 2.11 bits per heavy atom. The van der Waals surface area contributed by atoms with Crippen molar-refractivity contribution in [2.75, 3.05) is 19.8 Å². The Morgan fingerprint density at radius 1 is 1.33 bits per heavy atom. The SMILES string of the molecule is CC(C)C1CC(O)(C2(C#N)CCCOC2)CCO1. The fourth-order valence-corrected chi connectivity index (χ4v) is 3.09. The van der Waals surface area contributed by atoms with E-state index in [0.717, 1.165) is 12.8 Å². The van der Waals surface area contributed by atoms with E-state index in [2.05, 4.69) is 19.9 Å². The van der Waals surface area contributed by atoms with Gasteiger partial charge in [-0.3, -0.25) is 0 Å². The van der Waals surface area contributed by atoms with Crippen LogP contribution in [0.15, 0.2) is 0 Å². The highest BCUT2D eigenvalue weighted by molar-refractivity contribution is 5.14. The summed E-state index contributed by atoms with van der Waals surface area (Å²) in [6.45, 7) is 5.76. The van der Waals surface area contributed by atoms with Crippen LogP contribution in [0.1, 0.15) is 39.5 Å². The number of ether oxygens (including phenoxy) is 2. The van der Waals surface area contributed by atoms with Crippen molar-refractivity contribution in [2.24, 2.45) is 11.3 Å². The predicted molar refractivity (Wildman–Crippen MR) is 66.9 cm³/mol. The Morgan fingerprint density at radius 3 is 2.67 bits per heavy atom. The number of nitriles is 1. The third kappa shape index (κ3) is 2.27. The third-order valence-corrected chi connectivity index (χ3v) is 4.48. The molecule has 0 amide bonds. The van der Waals surface area contributed by atoms with Crippen LogP contribution in [0.3, 0.4) is 0 Å². The minimum Gasteiger partial charge on any atom is -0.388 e. The van der Waals surface area contributed by atoms with E-state index in [4.69, 9.17) is 9.47 Å². The monoisotopic (exact) mass is 253 g/mol. The van der Waals surface area contributed by atoms with Gasteiger partial charge in [-0.05, 0) is 18.8 Å². The fourth-order valence-electron chi connectivity index (χ4n) is 3.09. The molecule has 0 aromatic heterocycles. The van der Waals surface area contributed by atoms with Gasteiger partial charge in [-0.2, -0.15) is 5.26 Å². The number of hydrogen-bond acceptors (Lipinski definition) is 4. The summed E-state index contributed by atoms with van der Waals surface area (Å²) in [6.07, 6.45) is 2.69. The van der Waals surface area contributed by atoms with Gasteiger partial charge in [0.15, 0.2) is 0 Å². The number of hydrogen-bond donors (Lipinski definition) is 1. The maximum Gasteiger partial charge on any atom is 0.109 e. The molecule has 0 bridgehead atoms. The largest absolute Gasteiger partial charge is 0.388 e. The average Bonchev–Trinajstić information content (AvgIpc) is 2.39. The Kier molecular flexibility index (Phi) is 3.96. The lowest BCUT2D eigenvalue weighted by atomic mass is 9.64. The van der Waals surface area contributed by atoms with Crippen LogP contribution in [0.25, 0.3) is 0 Å². The van der Waals surface area contributed by atoms with Crippen LogP contribution in [0.5, 0.6) is 0 Å². The molecule has 0 saturated carbocycles. The lowest BCUT2D eigenvalue weighted by molar-refractivity contribution is -0.186. The van der Waals surface area contributed by atoms with E-state index in [9.17, 15) is 10.4 Å². The van der Waals surface area contributed by atoms with Gasteiger partial charge < -0.3 is 14.6 Å². The predicted octanol–water partition coefficient (Wildman–Crippen LogP) is 1.87.